The molecule has 0 aliphatic rings. The summed E-state index contributed by atoms with van der Waals surface area (Å²) in [6.45, 7) is 1.88. The molecule has 5 nitrogen and oxygen atoms in total. The van der Waals surface area contributed by atoms with Crippen molar-refractivity contribution in [1.29, 1.82) is 10.8 Å². The molecule has 80 valence electrons. The number of carbonyl (C=O) groups excluding carboxylic acids is 1. The van der Waals surface area contributed by atoms with Gasteiger partial charge in [0.2, 0.25) is 5.84 Å². The second-order valence-electron chi connectivity index (χ2n) is 2.67. The third kappa shape index (κ3) is 2.76. The fourth-order valence-corrected chi connectivity index (χ4v) is 1.29. The maximum atomic E-state index is 11.2. The highest BCUT2D eigenvalue weighted by Gasteiger charge is 2.12. The Kier molecular flexibility index (Phi) is 3.79. The molecule has 6 heteroatoms. The van der Waals surface area contributed by atoms with Gasteiger partial charge in [-0.25, -0.2) is 4.79 Å². The molecule has 0 unspecified atom stereocenters. The lowest BCUT2D eigenvalue weighted by molar-refractivity contribution is -0.135. The van der Waals surface area contributed by atoms with Crippen LogP contribution in [-0.4, -0.2) is 23.0 Å². The van der Waals surface area contributed by atoms with Crippen molar-refractivity contribution in [2.45, 2.75) is 6.92 Å². The first-order valence-corrected chi connectivity index (χ1v) is 5.04. The zero-order valence-electron chi connectivity index (χ0n) is 8.08. The molecule has 0 aliphatic carbocycles. The number of nitrogens with zero attached hydrogens (tertiary/aromatic N) is 1. The van der Waals surface area contributed by atoms with Gasteiger partial charge in [0.25, 0.3) is 0 Å². The molecule has 0 spiro atoms. The van der Waals surface area contributed by atoms with Crippen LogP contribution in [0, 0.1) is 10.8 Å². The number of pyridine rings is 1. The molecule has 0 radical (unpaired) electrons. The van der Waals surface area contributed by atoms with Crippen molar-refractivity contribution >= 4 is 27.7 Å². The summed E-state index contributed by atoms with van der Waals surface area (Å²) in [5.74, 6) is -1.11. The molecule has 0 fully saturated rings. The number of hydrogen-bond donors (Lipinski definition) is 2. The van der Waals surface area contributed by atoms with E-state index in [0.29, 0.717) is 4.47 Å². The summed E-state index contributed by atoms with van der Waals surface area (Å²) in [4.78, 5) is 11.2. The molecule has 0 amide bonds. The molecule has 1 heterocycles. The van der Waals surface area contributed by atoms with Gasteiger partial charge in [-0.05, 0) is 35.0 Å². The van der Waals surface area contributed by atoms with E-state index in [0.717, 1.165) is 4.57 Å². The zero-order chi connectivity index (χ0) is 11.4. The van der Waals surface area contributed by atoms with E-state index in [2.05, 4.69) is 20.7 Å². The van der Waals surface area contributed by atoms with Gasteiger partial charge in [0.15, 0.2) is 0 Å². The van der Waals surface area contributed by atoms with E-state index < -0.39 is 5.97 Å². The SMILES string of the molecule is CCOC(=O)C(=N)n1cc(Br)ccc1=N. The molecule has 0 saturated heterocycles. The van der Waals surface area contributed by atoms with Crippen LogP contribution in [0.25, 0.3) is 0 Å². The van der Waals surface area contributed by atoms with Crippen molar-refractivity contribution in [3.63, 3.8) is 0 Å². The van der Waals surface area contributed by atoms with Crippen LogP contribution >= 0.6 is 15.9 Å². The quantitative estimate of drug-likeness (QED) is 0.456. The average molecular weight is 272 g/mol. The first-order valence-electron chi connectivity index (χ1n) is 4.25. The Bertz CT molecular complexity index is 453. The van der Waals surface area contributed by atoms with E-state index in [4.69, 9.17) is 10.8 Å². The zero-order valence-corrected chi connectivity index (χ0v) is 9.67. The lowest BCUT2D eigenvalue weighted by atomic mass is 10.4. The predicted molar refractivity (Wildman–Crippen MR) is 57.7 cm³/mol. The summed E-state index contributed by atoms with van der Waals surface area (Å²) in [6.07, 6.45) is 1.47. The van der Waals surface area contributed by atoms with Crippen LogP contribution in [0.15, 0.2) is 22.8 Å². The number of aromatic nitrogens is 1. The van der Waals surface area contributed by atoms with Gasteiger partial charge < -0.3 is 4.74 Å². The Morgan fingerprint density at radius 3 is 2.87 bits per heavy atom. The van der Waals surface area contributed by atoms with Crippen molar-refractivity contribution in [2.24, 2.45) is 0 Å². The Morgan fingerprint density at radius 1 is 1.60 bits per heavy atom. The highest BCUT2D eigenvalue weighted by molar-refractivity contribution is 9.10. The average Bonchev–Trinajstić information content (AvgIpc) is 2.21. The molecule has 0 saturated carbocycles. The summed E-state index contributed by atoms with van der Waals surface area (Å²) in [5.41, 5.74) is 0.0521. The summed E-state index contributed by atoms with van der Waals surface area (Å²) >= 11 is 3.20. The first kappa shape index (κ1) is 11.6. The predicted octanol–water partition coefficient (Wildman–Crippen LogP) is 1.12. The van der Waals surface area contributed by atoms with Crippen molar-refractivity contribution in [2.75, 3.05) is 6.61 Å². The number of ether oxygens (including phenoxy) is 1. The van der Waals surface area contributed by atoms with Crippen LogP contribution in [0.5, 0.6) is 0 Å². The van der Waals surface area contributed by atoms with Gasteiger partial charge in [-0.3, -0.25) is 15.4 Å². The van der Waals surface area contributed by atoms with Crippen LogP contribution in [0.1, 0.15) is 6.92 Å². The molecule has 0 atom stereocenters. The molecule has 15 heavy (non-hydrogen) atoms. The first-order chi connectivity index (χ1) is 7.06. The van der Waals surface area contributed by atoms with E-state index in [1.807, 2.05) is 0 Å². The van der Waals surface area contributed by atoms with E-state index in [1.165, 1.54) is 12.3 Å². The highest BCUT2D eigenvalue weighted by Crippen LogP contribution is 2.04. The standard InChI is InChI=1S/C9H10BrN3O2/c1-2-15-9(14)8(12)13-5-6(10)3-4-7(13)11/h3-5,11-12H,2H2,1H3. The molecule has 1 rings (SSSR count). The molecular formula is C9H10BrN3O2. The topological polar surface area (TPSA) is 78.9 Å². The number of esters is 1. The smallest absolute Gasteiger partial charge is 0.374 e. The van der Waals surface area contributed by atoms with Gasteiger partial charge in [0, 0.05) is 10.7 Å². The van der Waals surface area contributed by atoms with E-state index >= 15 is 0 Å². The number of halogens is 1. The minimum absolute atomic E-state index is 0.0521. The van der Waals surface area contributed by atoms with Gasteiger partial charge in [-0.2, -0.15) is 0 Å². The van der Waals surface area contributed by atoms with Crippen LogP contribution in [0.2, 0.25) is 0 Å². The molecule has 2 N–H and O–H groups in total. The van der Waals surface area contributed by atoms with Crippen molar-refractivity contribution < 1.29 is 9.53 Å². The maximum Gasteiger partial charge on any atom is 0.374 e. The largest absolute Gasteiger partial charge is 0.460 e. The number of nitrogens with one attached hydrogen (secondary N) is 2. The van der Waals surface area contributed by atoms with Gasteiger partial charge >= 0.3 is 5.97 Å². The second kappa shape index (κ2) is 4.88. The lowest BCUT2D eigenvalue weighted by Gasteiger charge is -2.07. The Hall–Kier alpha value is -1.43. The monoisotopic (exact) mass is 271 g/mol. The summed E-state index contributed by atoms with van der Waals surface area (Å²) in [5, 5.41) is 15.0. The number of carbonyl (C=O) groups is 1. The molecule has 0 aliphatic heterocycles. The molecule has 1 aromatic heterocycles. The van der Waals surface area contributed by atoms with Gasteiger partial charge in [0.05, 0.1) is 6.61 Å². The molecule has 1 aromatic rings. The number of hydrogen-bond acceptors (Lipinski definition) is 4. The Balaban J connectivity index is 3.06. The molecule has 0 aromatic carbocycles. The summed E-state index contributed by atoms with van der Waals surface area (Å²) in [6, 6.07) is 3.15. The third-order valence-electron chi connectivity index (χ3n) is 1.62. The van der Waals surface area contributed by atoms with Crippen LogP contribution < -0.4 is 5.49 Å². The third-order valence-corrected chi connectivity index (χ3v) is 2.09. The molecular weight excluding hydrogens is 262 g/mol. The summed E-state index contributed by atoms with van der Waals surface area (Å²) < 4.78 is 6.50. The lowest BCUT2D eigenvalue weighted by Crippen LogP contribution is -2.32. The van der Waals surface area contributed by atoms with Crippen LogP contribution in [-0.2, 0) is 9.53 Å². The van der Waals surface area contributed by atoms with E-state index in [1.54, 1.807) is 13.0 Å². The Morgan fingerprint density at radius 2 is 2.27 bits per heavy atom. The van der Waals surface area contributed by atoms with Crippen molar-refractivity contribution in [3.05, 3.63) is 28.3 Å². The second-order valence-corrected chi connectivity index (χ2v) is 3.59. The van der Waals surface area contributed by atoms with Gasteiger partial charge in [-0.1, -0.05) is 0 Å². The highest BCUT2D eigenvalue weighted by atomic mass is 79.9. The van der Waals surface area contributed by atoms with Crippen molar-refractivity contribution in [3.8, 4) is 0 Å². The van der Waals surface area contributed by atoms with Crippen LogP contribution in [0.3, 0.4) is 0 Å². The number of rotatable bonds is 1. The van der Waals surface area contributed by atoms with E-state index in [-0.39, 0.29) is 17.9 Å². The van der Waals surface area contributed by atoms with E-state index in [9.17, 15) is 4.79 Å². The minimum atomic E-state index is -0.742. The normalized spacial score (nSPS) is 9.73. The fraction of sp³-hybridized carbons (Fsp3) is 0.222. The van der Waals surface area contributed by atoms with Gasteiger partial charge in [0.1, 0.15) is 5.49 Å². The minimum Gasteiger partial charge on any atom is -0.460 e. The van der Waals surface area contributed by atoms with Crippen molar-refractivity contribution in [1.82, 2.24) is 4.57 Å². The summed E-state index contributed by atoms with van der Waals surface area (Å²) in [7, 11) is 0. The maximum absolute atomic E-state index is 11.2. The van der Waals surface area contributed by atoms with Crippen LogP contribution in [0.4, 0.5) is 0 Å². The molecule has 0 bridgehead atoms. The Labute approximate surface area is 94.8 Å². The fourth-order valence-electron chi connectivity index (χ4n) is 0.958. The van der Waals surface area contributed by atoms with Gasteiger partial charge in [-0.15, -0.1) is 0 Å².